The zero-order valence-corrected chi connectivity index (χ0v) is 12.8. The zero-order valence-electron chi connectivity index (χ0n) is 12.8. The first-order valence-electron chi connectivity index (χ1n) is 7.38. The number of ether oxygens (including phenoxy) is 1. The van der Waals surface area contributed by atoms with Gasteiger partial charge in [0.2, 0.25) is 0 Å². The first-order chi connectivity index (χ1) is 10.1. The van der Waals surface area contributed by atoms with E-state index in [2.05, 4.69) is 13.8 Å². The Hall–Kier alpha value is -2.00. The van der Waals surface area contributed by atoms with Gasteiger partial charge in [-0.3, -0.25) is 0 Å². The topological polar surface area (TPSA) is 61.3 Å². The normalized spacial score (nSPS) is 12.4. The Balaban J connectivity index is 2.07. The van der Waals surface area contributed by atoms with Crippen molar-refractivity contribution in [1.82, 2.24) is 0 Å². The van der Waals surface area contributed by atoms with E-state index in [0.717, 1.165) is 29.0 Å². The molecule has 0 aliphatic rings. The van der Waals surface area contributed by atoms with Crippen LogP contribution in [0.4, 0.5) is 5.69 Å². The molecule has 0 amide bonds. The van der Waals surface area contributed by atoms with E-state index >= 15 is 0 Å². The van der Waals surface area contributed by atoms with Crippen molar-refractivity contribution in [3.8, 4) is 5.75 Å². The van der Waals surface area contributed by atoms with E-state index in [-0.39, 0.29) is 6.04 Å². The van der Waals surface area contributed by atoms with Gasteiger partial charge in [0.25, 0.3) is 0 Å². The van der Waals surface area contributed by atoms with E-state index in [1.807, 2.05) is 48.5 Å². The second kappa shape index (κ2) is 7.14. The first kappa shape index (κ1) is 15.4. The maximum Gasteiger partial charge on any atom is 0.120 e. The monoisotopic (exact) mass is 284 g/mol. The molecule has 0 bridgehead atoms. The molecule has 21 heavy (non-hydrogen) atoms. The number of rotatable bonds is 6. The average Bonchev–Trinajstić information content (AvgIpc) is 2.46. The fourth-order valence-electron chi connectivity index (χ4n) is 2.34. The van der Waals surface area contributed by atoms with Crippen molar-refractivity contribution >= 4 is 5.69 Å². The molecular weight excluding hydrogens is 260 g/mol. The Morgan fingerprint density at radius 3 is 2.43 bits per heavy atom. The van der Waals surface area contributed by atoms with Gasteiger partial charge in [0, 0.05) is 11.7 Å². The maximum absolute atomic E-state index is 6.24. The van der Waals surface area contributed by atoms with Crippen LogP contribution in [-0.4, -0.2) is 0 Å². The van der Waals surface area contributed by atoms with E-state index < -0.39 is 0 Å². The minimum absolute atomic E-state index is 0.0507. The molecular formula is C18H24N2O. The predicted octanol–water partition coefficient (Wildman–Crippen LogP) is 3.89. The van der Waals surface area contributed by atoms with Crippen molar-refractivity contribution in [2.45, 2.75) is 32.9 Å². The molecule has 0 spiro atoms. The van der Waals surface area contributed by atoms with Gasteiger partial charge in [0.1, 0.15) is 12.4 Å². The Kier molecular flexibility index (Phi) is 5.23. The van der Waals surface area contributed by atoms with E-state index in [1.54, 1.807) is 0 Å². The number of hydrogen-bond donors (Lipinski definition) is 2. The third-order valence-electron chi connectivity index (χ3n) is 3.43. The molecule has 3 heteroatoms. The molecule has 0 saturated heterocycles. The molecule has 2 aromatic carbocycles. The van der Waals surface area contributed by atoms with E-state index in [0.29, 0.717) is 12.5 Å². The van der Waals surface area contributed by atoms with Crippen LogP contribution in [0.25, 0.3) is 0 Å². The van der Waals surface area contributed by atoms with Crippen molar-refractivity contribution in [2.24, 2.45) is 11.7 Å². The summed E-state index contributed by atoms with van der Waals surface area (Å²) in [6.07, 6.45) is 0.909. The Bertz CT molecular complexity index is 567. The van der Waals surface area contributed by atoms with Crippen molar-refractivity contribution in [3.63, 3.8) is 0 Å². The molecule has 1 atom stereocenters. The molecule has 0 aliphatic carbocycles. The molecule has 2 rings (SSSR count). The lowest BCUT2D eigenvalue weighted by Gasteiger charge is -2.18. The molecule has 112 valence electrons. The van der Waals surface area contributed by atoms with Crippen LogP contribution in [0.2, 0.25) is 0 Å². The number of nitrogen functional groups attached to an aromatic ring is 1. The molecule has 0 aliphatic heterocycles. The number of nitrogens with two attached hydrogens (primary N) is 2. The summed E-state index contributed by atoms with van der Waals surface area (Å²) >= 11 is 0. The zero-order chi connectivity index (χ0) is 15.2. The SMILES string of the molecule is CC(C)CC(N)c1cc(OCc2ccccc2)ccc1N. The Labute approximate surface area is 126 Å². The molecule has 3 nitrogen and oxygen atoms in total. The summed E-state index contributed by atoms with van der Waals surface area (Å²) in [6, 6.07) is 15.8. The summed E-state index contributed by atoms with van der Waals surface area (Å²) in [4.78, 5) is 0. The molecule has 0 fully saturated rings. The molecule has 1 unspecified atom stereocenters. The summed E-state index contributed by atoms with van der Waals surface area (Å²) in [5.74, 6) is 1.34. The maximum atomic E-state index is 6.24. The van der Waals surface area contributed by atoms with Crippen LogP contribution in [0.1, 0.15) is 37.4 Å². The highest BCUT2D eigenvalue weighted by molar-refractivity contribution is 5.52. The number of hydrogen-bond acceptors (Lipinski definition) is 3. The third-order valence-corrected chi connectivity index (χ3v) is 3.43. The third kappa shape index (κ3) is 4.50. The summed E-state index contributed by atoms with van der Waals surface area (Å²) < 4.78 is 5.83. The van der Waals surface area contributed by atoms with Crippen LogP contribution in [0, 0.1) is 5.92 Å². The Morgan fingerprint density at radius 1 is 1.05 bits per heavy atom. The van der Waals surface area contributed by atoms with Gasteiger partial charge in [-0.25, -0.2) is 0 Å². The number of anilines is 1. The smallest absolute Gasteiger partial charge is 0.120 e. The molecule has 0 heterocycles. The fraction of sp³-hybridized carbons (Fsp3) is 0.333. The largest absolute Gasteiger partial charge is 0.489 e. The molecule has 0 aromatic heterocycles. The Morgan fingerprint density at radius 2 is 1.76 bits per heavy atom. The van der Waals surface area contributed by atoms with Gasteiger partial charge in [-0.1, -0.05) is 44.2 Å². The summed E-state index contributed by atoms with van der Waals surface area (Å²) in [6.45, 7) is 4.86. The first-order valence-corrected chi connectivity index (χ1v) is 7.38. The van der Waals surface area contributed by atoms with Gasteiger partial charge < -0.3 is 16.2 Å². The van der Waals surface area contributed by atoms with Crippen molar-refractivity contribution < 1.29 is 4.74 Å². The molecule has 0 saturated carbocycles. The van der Waals surface area contributed by atoms with Gasteiger partial charge in [0.05, 0.1) is 0 Å². The van der Waals surface area contributed by atoms with Crippen LogP contribution in [0.5, 0.6) is 5.75 Å². The lowest BCUT2D eigenvalue weighted by atomic mass is 9.96. The molecule has 0 radical (unpaired) electrons. The summed E-state index contributed by atoms with van der Waals surface area (Å²) in [5.41, 5.74) is 15.1. The van der Waals surface area contributed by atoms with Gasteiger partial charge in [-0.05, 0) is 41.7 Å². The average molecular weight is 284 g/mol. The van der Waals surface area contributed by atoms with Crippen molar-refractivity contribution in [3.05, 3.63) is 59.7 Å². The highest BCUT2D eigenvalue weighted by atomic mass is 16.5. The highest BCUT2D eigenvalue weighted by Crippen LogP contribution is 2.28. The molecule has 4 N–H and O–H groups in total. The minimum atomic E-state index is -0.0507. The number of benzene rings is 2. The predicted molar refractivity (Wildman–Crippen MR) is 88.0 cm³/mol. The van der Waals surface area contributed by atoms with Gasteiger partial charge in [0.15, 0.2) is 0 Å². The van der Waals surface area contributed by atoms with Crippen molar-refractivity contribution in [1.29, 1.82) is 0 Å². The van der Waals surface area contributed by atoms with Crippen LogP contribution in [0.15, 0.2) is 48.5 Å². The van der Waals surface area contributed by atoms with Crippen LogP contribution < -0.4 is 16.2 Å². The van der Waals surface area contributed by atoms with Crippen LogP contribution in [0.3, 0.4) is 0 Å². The van der Waals surface area contributed by atoms with Gasteiger partial charge in [-0.15, -0.1) is 0 Å². The van der Waals surface area contributed by atoms with Gasteiger partial charge in [-0.2, -0.15) is 0 Å². The summed E-state index contributed by atoms with van der Waals surface area (Å²) in [7, 11) is 0. The second-order valence-corrected chi connectivity index (χ2v) is 5.80. The van der Waals surface area contributed by atoms with Crippen LogP contribution in [-0.2, 0) is 6.61 Å². The fourth-order valence-corrected chi connectivity index (χ4v) is 2.34. The lowest BCUT2D eigenvalue weighted by molar-refractivity contribution is 0.305. The van der Waals surface area contributed by atoms with Crippen molar-refractivity contribution in [2.75, 3.05) is 5.73 Å². The quantitative estimate of drug-likeness (QED) is 0.791. The second-order valence-electron chi connectivity index (χ2n) is 5.80. The summed E-state index contributed by atoms with van der Waals surface area (Å²) in [5, 5.41) is 0. The highest BCUT2D eigenvalue weighted by Gasteiger charge is 2.12. The van der Waals surface area contributed by atoms with E-state index in [1.165, 1.54) is 0 Å². The standard InChI is InChI=1S/C18H24N2O/c1-13(2)10-18(20)16-11-15(8-9-17(16)19)21-12-14-6-4-3-5-7-14/h3-9,11,13,18H,10,12,19-20H2,1-2H3. The minimum Gasteiger partial charge on any atom is -0.489 e. The lowest BCUT2D eigenvalue weighted by Crippen LogP contribution is -2.15. The van der Waals surface area contributed by atoms with E-state index in [9.17, 15) is 0 Å². The van der Waals surface area contributed by atoms with Crippen LogP contribution >= 0.6 is 0 Å². The van der Waals surface area contributed by atoms with Gasteiger partial charge >= 0.3 is 0 Å². The molecule has 2 aromatic rings. The van der Waals surface area contributed by atoms with E-state index in [4.69, 9.17) is 16.2 Å².